The topological polar surface area (TPSA) is 106 Å². The summed E-state index contributed by atoms with van der Waals surface area (Å²) in [6, 6.07) is -1.38. The number of carbonyl (C=O) groups excluding carboxylic acids is 1. The number of nitrogens with two attached hydrogens (primary N) is 2. The number of rotatable bonds is 7. The van der Waals surface area contributed by atoms with Crippen molar-refractivity contribution in [2.75, 3.05) is 5.33 Å². The van der Waals surface area contributed by atoms with Crippen LogP contribution in [-0.4, -0.2) is 34.3 Å². The normalized spacial score (nSPS) is 14.8. The predicted octanol–water partition coefficient (Wildman–Crippen LogP) is -0.140. The van der Waals surface area contributed by atoms with Crippen molar-refractivity contribution in [2.24, 2.45) is 11.5 Å². The number of alkyl halides is 1. The van der Waals surface area contributed by atoms with Gasteiger partial charge in [0.15, 0.2) is 5.78 Å². The van der Waals surface area contributed by atoms with Crippen molar-refractivity contribution in [1.82, 2.24) is 0 Å². The summed E-state index contributed by atoms with van der Waals surface area (Å²) in [6.07, 6.45) is 1.37. The fourth-order valence-corrected chi connectivity index (χ4v) is 1.36. The molecule has 0 saturated heterocycles. The molecule has 0 fully saturated rings. The molecule has 1 unspecified atom stereocenters. The lowest BCUT2D eigenvalue weighted by Crippen LogP contribution is -2.33. The van der Waals surface area contributed by atoms with Gasteiger partial charge in [-0.1, -0.05) is 15.9 Å². The summed E-state index contributed by atoms with van der Waals surface area (Å²) in [5.74, 6) is -1.10. The highest BCUT2D eigenvalue weighted by atomic mass is 79.9. The van der Waals surface area contributed by atoms with Crippen LogP contribution in [-0.2, 0) is 9.59 Å². The van der Waals surface area contributed by atoms with E-state index < -0.39 is 18.1 Å². The van der Waals surface area contributed by atoms with Crippen LogP contribution in [0.2, 0.25) is 0 Å². The molecule has 5 N–H and O–H groups in total. The molecule has 0 bridgehead atoms. The molecule has 14 heavy (non-hydrogen) atoms. The molecule has 0 spiro atoms. The summed E-state index contributed by atoms with van der Waals surface area (Å²) >= 11 is 3.01. The number of hydrogen-bond donors (Lipinski definition) is 3. The summed E-state index contributed by atoms with van der Waals surface area (Å²) < 4.78 is 0. The van der Waals surface area contributed by atoms with E-state index in [-0.39, 0.29) is 11.1 Å². The van der Waals surface area contributed by atoms with E-state index in [1.165, 1.54) is 0 Å². The Balaban J connectivity index is 3.64. The fourth-order valence-electron chi connectivity index (χ4n) is 0.941. The van der Waals surface area contributed by atoms with Crippen LogP contribution < -0.4 is 11.5 Å². The lowest BCUT2D eigenvalue weighted by molar-refractivity contribution is -0.138. The van der Waals surface area contributed by atoms with Crippen molar-refractivity contribution in [3.05, 3.63) is 0 Å². The van der Waals surface area contributed by atoms with Crippen molar-refractivity contribution < 1.29 is 14.7 Å². The molecule has 2 atom stereocenters. The molecule has 0 radical (unpaired) electrons. The van der Waals surface area contributed by atoms with Crippen LogP contribution in [0.4, 0.5) is 0 Å². The van der Waals surface area contributed by atoms with Crippen molar-refractivity contribution in [1.29, 1.82) is 0 Å². The van der Waals surface area contributed by atoms with Crippen molar-refractivity contribution in [3.8, 4) is 0 Å². The summed E-state index contributed by atoms with van der Waals surface area (Å²) in [7, 11) is 0. The molecule has 0 rings (SSSR count). The Labute approximate surface area is 91.0 Å². The van der Waals surface area contributed by atoms with E-state index in [1.54, 1.807) is 0 Å². The van der Waals surface area contributed by atoms with Crippen molar-refractivity contribution in [3.63, 3.8) is 0 Å². The SMILES string of the molecule is NC(CCC[C@@H](N)C(=O)O)C(=O)CBr. The van der Waals surface area contributed by atoms with Gasteiger partial charge in [-0.3, -0.25) is 9.59 Å². The van der Waals surface area contributed by atoms with E-state index in [1.807, 2.05) is 0 Å². The maximum atomic E-state index is 11.0. The Hall–Kier alpha value is -0.460. The van der Waals surface area contributed by atoms with E-state index >= 15 is 0 Å². The Morgan fingerprint density at radius 1 is 1.21 bits per heavy atom. The molecule has 0 aromatic carbocycles. The van der Waals surface area contributed by atoms with Crippen LogP contribution in [0.5, 0.6) is 0 Å². The zero-order valence-electron chi connectivity index (χ0n) is 7.78. The van der Waals surface area contributed by atoms with E-state index in [9.17, 15) is 9.59 Å². The third kappa shape index (κ3) is 5.31. The third-order valence-electron chi connectivity index (χ3n) is 1.89. The largest absolute Gasteiger partial charge is 0.480 e. The van der Waals surface area contributed by atoms with Gasteiger partial charge in [0, 0.05) is 0 Å². The van der Waals surface area contributed by atoms with Gasteiger partial charge in [-0.05, 0) is 19.3 Å². The number of carboxylic acid groups (broad SMARTS) is 1. The Morgan fingerprint density at radius 2 is 1.71 bits per heavy atom. The van der Waals surface area contributed by atoms with E-state index in [0.29, 0.717) is 19.3 Å². The highest BCUT2D eigenvalue weighted by Gasteiger charge is 2.14. The second kappa shape index (κ2) is 6.92. The minimum Gasteiger partial charge on any atom is -0.480 e. The van der Waals surface area contributed by atoms with Gasteiger partial charge < -0.3 is 16.6 Å². The first-order chi connectivity index (χ1) is 6.49. The maximum absolute atomic E-state index is 11.0. The standard InChI is InChI=1S/C8H15BrN2O3/c9-4-7(12)5(10)2-1-3-6(11)8(13)14/h5-6H,1-4,10-11H2,(H,13,14)/t5?,6-/m1/s1. The van der Waals surface area contributed by atoms with Crippen LogP contribution >= 0.6 is 15.9 Å². The number of halogens is 1. The van der Waals surface area contributed by atoms with Gasteiger partial charge in [0.1, 0.15) is 6.04 Å². The number of carboxylic acids is 1. The van der Waals surface area contributed by atoms with E-state index in [0.717, 1.165) is 0 Å². The van der Waals surface area contributed by atoms with Crippen LogP contribution in [0.1, 0.15) is 19.3 Å². The highest BCUT2D eigenvalue weighted by molar-refractivity contribution is 9.09. The summed E-state index contributed by atoms with van der Waals surface area (Å²) in [4.78, 5) is 21.3. The number of aliphatic carboxylic acids is 1. The number of ketones is 1. The molecular formula is C8H15BrN2O3. The van der Waals surface area contributed by atoms with Gasteiger partial charge in [0.2, 0.25) is 0 Å². The second-order valence-electron chi connectivity index (χ2n) is 3.08. The first-order valence-electron chi connectivity index (χ1n) is 4.31. The quantitative estimate of drug-likeness (QED) is 0.556. The smallest absolute Gasteiger partial charge is 0.320 e. The van der Waals surface area contributed by atoms with Gasteiger partial charge in [-0.25, -0.2) is 0 Å². The van der Waals surface area contributed by atoms with E-state index in [2.05, 4.69) is 15.9 Å². The second-order valence-corrected chi connectivity index (χ2v) is 3.64. The Kier molecular flexibility index (Phi) is 6.69. The van der Waals surface area contributed by atoms with Gasteiger partial charge in [0.05, 0.1) is 11.4 Å². The molecule has 0 aromatic heterocycles. The summed E-state index contributed by atoms with van der Waals surface area (Å²) in [5, 5.41) is 8.71. The van der Waals surface area contributed by atoms with Crippen LogP contribution in [0.15, 0.2) is 0 Å². The number of Topliss-reactive ketones (excluding diaryl/α,β-unsaturated/α-hetero) is 1. The summed E-state index contributed by atoms with van der Waals surface area (Å²) in [5.41, 5.74) is 10.8. The van der Waals surface area contributed by atoms with Crippen LogP contribution in [0.3, 0.4) is 0 Å². The third-order valence-corrected chi connectivity index (χ3v) is 2.45. The maximum Gasteiger partial charge on any atom is 0.320 e. The number of carbonyl (C=O) groups is 2. The van der Waals surface area contributed by atoms with Crippen molar-refractivity contribution in [2.45, 2.75) is 31.3 Å². The molecule has 82 valence electrons. The van der Waals surface area contributed by atoms with Crippen molar-refractivity contribution >= 4 is 27.7 Å². The first-order valence-corrected chi connectivity index (χ1v) is 5.43. The minimum atomic E-state index is -1.02. The molecular weight excluding hydrogens is 252 g/mol. The lowest BCUT2D eigenvalue weighted by Gasteiger charge is -2.09. The van der Waals surface area contributed by atoms with Gasteiger partial charge in [-0.15, -0.1) is 0 Å². The fraction of sp³-hybridized carbons (Fsp3) is 0.750. The molecule has 5 nitrogen and oxygen atoms in total. The zero-order chi connectivity index (χ0) is 11.1. The molecule has 0 aliphatic heterocycles. The Bertz CT molecular complexity index is 211. The molecule has 0 aliphatic carbocycles. The molecule has 6 heteroatoms. The lowest BCUT2D eigenvalue weighted by atomic mass is 10.0. The molecule has 0 saturated carbocycles. The van der Waals surface area contributed by atoms with Gasteiger partial charge >= 0.3 is 5.97 Å². The van der Waals surface area contributed by atoms with Gasteiger partial charge in [-0.2, -0.15) is 0 Å². The minimum absolute atomic E-state index is 0.0751. The molecule has 0 aliphatic rings. The summed E-state index contributed by atoms with van der Waals surface area (Å²) in [6.45, 7) is 0. The average Bonchev–Trinajstić information content (AvgIpc) is 2.15. The zero-order valence-corrected chi connectivity index (χ0v) is 9.37. The van der Waals surface area contributed by atoms with Crippen LogP contribution in [0.25, 0.3) is 0 Å². The predicted molar refractivity (Wildman–Crippen MR) is 56.2 cm³/mol. The monoisotopic (exact) mass is 266 g/mol. The average molecular weight is 267 g/mol. The van der Waals surface area contributed by atoms with E-state index in [4.69, 9.17) is 16.6 Å². The Morgan fingerprint density at radius 3 is 2.14 bits per heavy atom. The molecule has 0 heterocycles. The molecule has 0 aromatic rings. The van der Waals surface area contributed by atoms with Crippen LogP contribution in [0, 0.1) is 0 Å². The number of hydrogen-bond acceptors (Lipinski definition) is 4. The van der Waals surface area contributed by atoms with Gasteiger partial charge in [0.25, 0.3) is 0 Å². The molecule has 0 amide bonds. The highest BCUT2D eigenvalue weighted by Crippen LogP contribution is 2.03. The first kappa shape index (κ1) is 13.5.